The van der Waals surface area contributed by atoms with Gasteiger partial charge in [0.15, 0.2) is 0 Å². The van der Waals surface area contributed by atoms with E-state index in [1.165, 1.54) is 0 Å². The van der Waals surface area contributed by atoms with Crippen LogP contribution in [0.15, 0.2) is 17.4 Å². The molecular formula is C6H10N2. The summed E-state index contributed by atoms with van der Waals surface area (Å²) in [6, 6.07) is 0. The predicted molar refractivity (Wildman–Crippen MR) is 34.6 cm³/mol. The zero-order valence-electron chi connectivity index (χ0n) is 5.04. The van der Waals surface area contributed by atoms with Crippen LogP contribution >= 0.6 is 0 Å². The standard InChI is InChI=1S/C6H10N2/c1-8-6-4-2-3-5-7-8/h4-6H,2-3H2,1H3. The van der Waals surface area contributed by atoms with E-state index in [0.717, 1.165) is 12.8 Å². The van der Waals surface area contributed by atoms with E-state index in [9.17, 15) is 0 Å². The normalized spacial score (nSPS) is 18.9. The summed E-state index contributed by atoms with van der Waals surface area (Å²) < 4.78 is 0. The number of hydrogen-bond donors (Lipinski definition) is 0. The molecule has 0 saturated heterocycles. The average Bonchev–Trinajstić information content (AvgIpc) is 1.94. The number of nitrogens with zero attached hydrogens (tertiary/aromatic N) is 2. The molecule has 0 fully saturated rings. The highest BCUT2D eigenvalue weighted by Gasteiger charge is 1.86. The highest BCUT2D eigenvalue weighted by atomic mass is 15.4. The van der Waals surface area contributed by atoms with E-state index in [4.69, 9.17) is 0 Å². The first kappa shape index (κ1) is 5.35. The Morgan fingerprint density at radius 2 is 2.38 bits per heavy atom. The fourth-order valence-electron chi connectivity index (χ4n) is 0.623. The minimum Gasteiger partial charge on any atom is -0.277 e. The maximum absolute atomic E-state index is 4.05. The van der Waals surface area contributed by atoms with Crippen LogP contribution in [0.4, 0.5) is 0 Å². The summed E-state index contributed by atoms with van der Waals surface area (Å²) in [5.74, 6) is 0. The van der Waals surface area contributed by atoms with Crippen LogP contribution in [0.3, 0.4) is 0 Å². The highest BCUT2D eigenvalue weighted by molar-refractivity contribution is 5.57. The van der Waals surface area contributed by atoms with Gasteiger partial charge in [-0.3, -0.25) is 5.01 Å². The molecule has 2 heteroatoms. The van der Waals surface area contributed by atoms with Crippen LogP contribution < -0.4 is 0 Å². The van der Waals surface area contributed by atoms with E-state index >= 15 is 0 Å². The van der Waals surface area contributed by atoms with Gasteiger partial charge in [0.1, 0.15) is 0 Å². The molecule has 2 nitrogen and oxygen atoms in total. The molecule has 0 unspecified atom stereocenters. The third-order valence-electron chi connectivity index (χ3n) is 1.05. The lowest BCUT2D eigenvalue weighted by atomic mass is 10.3. The van der Waals surface area contributed by atoms with Crippen molar-refractivity contribution in [3.8, 4) is 0 Å². The van der Waals surface area contributed by atoms with Crippen molar-refractivity contribution in [3.05, 3.63) is 12.3 Å². The molecule has 1 aliphatic heterocycles. The van der Waals surface area contributed by atoms with Crippen LogP contribution in [-0.4, -0.2) is 18.3 Å². The van der Waals surface area contributed by atoms with Gasteiger partial charge in [0, 0.05) is 19.5 Å². The molecule has 44 valence electrons. The first-order valence-corrected chi connectivity index (χ1v) is 2.81. The zero-order chi connectivity index (χ0) is 5.82. The Bertz CT molecular complexity index is 102. The lowest BCUT2D eigenvalue weighted by Crippen LogP contribution is -1.98. The molecule has 8 heavy (non-hydrogen) atoms. The van der Waals surface area contributed by atoms with Crippen molar-refractivity contribution < 1.29 is 0 Å². The van der Waals surface area contributed by atoms with Gasteiger partial charge in [-0.1, -0.05) is 6.08 Å². The average molecular weight is 110 g/mol. The molecule has 0 aromatic carbocycles. The second-order valence-corrected chi connectivity index (χ2v) is 1.83. The van der Waals surface area contributed by atoms with Gasteiger partial charge >= 0.3 is 0 Å². The fourth-order valence-corrected chi connectivity index (χ4v) is 0.623. The number of hydrazone groups is 1. The number of rotatable bonds is 0. The Morgan fingerprint density at radius 3 is 3.25 bits per heavy atom. The summed E-state index contributed by atoms with van der Waals surface area (Å²) in [7, 11) is 1.93. The molecule has 0 radical (unpaired) electrons. The van der Waals surface area contributed by atoms with E-state index in [0.29, 0.717) is 0 Å². The molecule has 0 bridgehead atoms. The SMILES string of the molecule is CN1C=CCCC=N1. The van der Waals surface area contributed by atoms with Gasteiger partial charge in [-0.2, -0.15) is 5.10 Å². The number of hydrogen-bond acceptors (Lipinski definition) is 2. The molecule has 0 aromatic heterocycles. The molecule has 0 aliphatic carbocycles. The molecule has 1 heterocycles. The molecule has 0 amide bonds. The second kappa shape index (κ2) is 2.50. The predicted octanol–water partition coefficient (Wildman–Crippen LogP) is 1.21. The summed E-state index contributed by atoms with van der Waals surface area (Å²) in [5.41, 5.74) is 0. The minimum atomic E-state index is 1.07. The van der Waals surface area contributed by atoms with E-state index in [-0.39, 0.29) is 0 Å². The van der Waals surface area contributed by atoms with Crippen molar-refractivity contribution in [3.63, 3.8) is 0 Å². The van der Waals surface area contributed by atoms with Crippen LogP contribution in [0.2, 0.25) is 0 Å². The van der Waals surface area contributed by atoms with Crippen molar-refractivity contribution in [1.82, 2.24) is 5.01 Å². The molecule has 0 saturated carbocycles. The lowest BCUT2D eigenvalue weighted by molar-refractivity contribution is 0.494. The van der Waals surface area contributed by atoms with E-state index in [1.807, 2.05) is 24.5 Å². The van der Waals surface area contributed by atoms with Gasteiger partial charge in [0.05, 0.1) is 0 Å². The summed E-state index contributed by atoms with van der Waals surface area (Å²) in [6.45, 7) is 0. The summed E-state index contributed by atoms with van der Waals surface area (Å²) in [4.78, 5) is 0. The van der Waals surface area contributed by atoms with Crippen molar-refractivity contribution in [2.75, 3.05) is 7.05 Å². The second-order valence-electron chi connectivity index (χ2n) is 1.83. The Kier molecular flexibility index (Phi) is 1.67. The van der Waals surface area contributed by atoms with Crippen LogP contribution in [0.25, 0.3) is 0 Å². The summed E-state index contributed by atoms with van der Waals surface area (Å²) >= 11 is 0. The van der Waals surface area contributed by atoms with Gasteiger partial charge in [-0.15, -0.1) is 0 Å². The van der Waals surface area contributed by atoms with Crippen LogP contribution in [0.5, 0.6) is 0 Å². The first-order valence-electron chi connectivity index (χ1n) is 2.81. The number of allylic oxidation sites excluding steroid dienone is 1. The largest absolute Gasteiger partial charge is 0.277 e. The quantitative estimate of drug-likeness (QED) is 0.457. The Morgan fingerprint density at radius 1 is 1.50 bits per heavy atom. The van der Waals surface area contributed by atoms with Gasteiger partial charge < -0.3 is 0 Å². The Labute approximate surface area is 49.5 Å². The lowest BCUT2D eigenvalue weighted by Gasteiger charge is -2.01. The first-order chi connectivity index (χ1) is 3.89. The smallest absolute Gasteiger partial charge is 0.0296 e. The van der Waals surface area contributed by atoms with Gasteiger partial charge in [-0.25, -0.2) is 0 Å². The minimum absolute atomic E-state index is 1.07. The molecule has 1 rings (SSSR count). The summed E-state index contributed by atoms with van der Waals surface area (Å²) in [6.07, 6.45) is 8.21. The third-order valence-corrected chi connectivity index (χ3v) is 1.05. The third kappa shape index (κ3) is 1.37. The maximum Gasteiger partial charge on any atom is 0.0296 e. The fraction of sp³-hybridized carbons (Fsp3) is 0.500. The van der Waals surface area contributed by atoms with Crippen LogP contribution in [0, 0.1) is 0 Å². The van der Waals surface area contributed by atoms with Crippen molar-refractivity contribution in [2.45, 2.75) is 12.8 Å². The van der Waals surface area contributed by atoms with Crippen molar-refractivity contribution in [1.29, 1.82) is 0 Å². The molecular weight excluding hydrogens is 100 g/mol. The van der Waals surface area contributed by atoms with E-state index in [2.05, 4.69) is 11.2 Å². The zero-order valence-corrected chi connectivity index (χ0v) is 5.04. The van der Waals surface area contributed by atoms with Crippen molar-refractivity contribution >= 4 is 6.21 Å². The highest BCUT2D eigenvalue weighted by Crippen LogP contribution is 1.96. The van der Waals surface area contributed by atoms with Gasteiger partial charge in [0.2, 0.25) is 0 Å². The van der Waals surface area contributed by atoms with E-state index < -0.39 is 0 Å². The molecule has 1 aliphatic rings. The maximum atomic E-state index is 4.05. The molecule has 0 spiro atoms. The molecule has 0 N–H and O–H groups in total. The van der Waals surface area contributed by atoms with E-state index in [1.54, 1.807) is 0 Å². The van der Waals surface area contributed by atoms with Gasteiger partial charge in [-0.05, 0) is 12.8 Å². The van der Waals surface area contributed by atoms with Crippen LogP contribution in [-0.2, 0) is 0 Å². The Balaban J connectivity index is 2.51. The Hall–Kier alpha value is -0.790. The summed E-state index contributed by atoms with van der Waals surface area (Å²) in [5, 5.41) is 5.86. The van der Waals surface area contributed by atoms with Crippen LogP contribution in [0.1, 0.15) is 12.8 Å². The monoisotopic (exact) mass is 110 g/mol. The van der Waals surface area contributed by atoms with Gasteiger partial charge in [0.25, 0.3) is 0 Å². The molecule has 0 aromatic rings. The molecule has 0 atom stereocenters. The topological polar surface area (TPSA) is 15.6 Å². The van der Waals surface area contributed by atoms with Crippen molar-refractivity contribution in [2.24, 2.45) is 5.10 Å².